The minimum absolute atomic E-state index is 0. The van der Waals surface area contributed by atoms with Gasteiger partial charge in [-0.15, -0.1) is 24.0 Å². The van der Waals surface area contributed by atoms with Crippen LogP contribution in [0.1, 0.15) is 50.3 Å². The molecule has 1 unspecified atom stereocenters. The third-order valence-corrected chi connectivity index (χ3v) is 5.44. The number of nitrogens with one attached hydrogen (secondary N) is 1. The topological polar surface area (TPSA) is 63.9 Å². The molecule has 31 heavy (non-hydrogen) atoms. The Bertz CT molecular complexity index is 699. The maximum atomic E-state index is 13.2. The average Bonchev–Trinajstić information content (AvgIpc) is 3.12. The number of hydrogen-bond donors (Lipinski definition) is 1. The fourth-order valence-electron chi connectivity index (χ4n) is 3.89. The van der Waals surface area contributed by atoms with Crippen LogP contribution in [-0.4, -0.2) is 65.7 Å². The van der Waals surface area contributed by atoms with Crippen molar-refractivity contribution in [3.05, 3.63) is 17.5 Å². The summed E-state index contributed by atoms with van der Waals surface area (Å²) in [6.07, 6.45) is 2.39. The van der Waals surface area contributed by atoms with Gasteiger partial charge in [0.2, 0.25) is 0 Å². The second-order valence-electron chi connectivity index (χ2n) is 7.85. The molecule has 2 saturated heterocycles. The fourth-order valence-corrected chi connectivity index (χ4v) is 3.89. The summed E-state index contributed by atoms with van der Waals surface area (Å²) in [6, 6.07) is 0. The molecule has 0 aromatic carbocycles. The molecule has 0 radical (unpaired) electrons. The van der Waals surface area contributed by atoms with Gasteiger partial charge in [0.05, 0.1) is 25.4 Å². The molecule has 2 aliphatic rings. The Morgan fingerprint density at radius 1 is 1.29 bits per heavy atom. The molecule has 3 rings (SSSR count). The van der Waals surface area contributed by atoms with E-state index in [0.717, 1.165) is 45.4 Å². The third-order valence-electron chi connectivity index (χ3n) is 5.44. The van der Waals surface area contributed by atoms with E-state index in [-0.39, 0.29) is 48.3 Å². The number of rotatable bonds is 6. The zero-order chi connectivity index (χ0) is 21.6. The number of alkyl halides is 3. The number of guanidine groups is 1. The number of aliphatic imine (C=N–C) groups is 1. The summed E-state index contributed by atoms with van der Waals surface area (Å²) in [5.41, 5.74) is -0.798. The van der Waals surface area contributed by atoms with Crippen LogP contribution in [0, 0.1) is 0 Å². The van der Waals surface area contributed by atoms with Crippen LogP contribution in [0.5, 0.6) is 0 Å². The van der Waals surface area contributed by atoms with E-state index in [1.54, 1.807) is 0 Å². The molecule has 7 nitrogen and oxygen atoms in total. The number of piperidine rings is 1. The normalized spacial score (nSPS) is 21.1. The van der Waals surface area contributed by atoms with E-state index in [1.807, 2.05) is 6.92 Å². The Kier molecular flexibility index (Phi) is 10.3. The Morgan fingerprint density at radius 2 is 2.03 bits per heavy atom. The standard InChI is InChI=1S/C20H32F3N5O2.HI/c1-3-24-19(25-12-15-13-27(2)26-18(15)20(21,22)23)28-9-7-16(8-10-28)30-14-17-6-4-5-11-29-17;/h13,16-17H,3-12,14H2,1-2H3,(H,24,25);1H. The molecule has 1 atom stereocenters. The molecule has 11 heteroatoms. The lowest BCUT2D eigenvalue weighted by Gasteiger charge is -2.35. The lowest BCUT2D eigenvalue weighted by atomic mass is 10.1. The first-order valence-electron chi connectivity index (χ1n) is 10.7. The van der Waals surface area contributed by atoms with Crippen molar-refractivity contribution in [2.75, 3.05) is 32.8 Å². The predicted molar refractivity (Wildman–Crippen MR) is 123 cm³/mol. The zero-order valence-electron chi connectivity index (χ0n) is 18.2. The van der Waals surface area contributed by atoms with Crippen LogP contribution < -0.4 is 5.32 Å². The highest BCUT2D eigenvalue weighted by Gasteiger charge is 2.36. The van der Waals surface area contributed by atoms with Gasteiger partial charge < -0.3 is 19.7 Å². The minimum atomic E-state index is -4.48. The van der Waals surface area contributed by atoms with Gasteiger partial charge in [-0.2, -0.15) is 18.3 Å². The monoisotopic (exact) mass is 559 g/mol. The van der Waals surface area contributed by atoms with Gasteiger partial charge in [-0.05, 0) is 39.0 Å². The molecule has 0 spiro atoms. The van der Waals surface area contributed by atoms with Gasteiger partial charge in [0, 0.05) is 45.0 Å². The van der Waals surface area contributed by atoms with Crippen molar-refractivity contribution < 1.29 is 22.6 Å². The van der Waals surface area contributed by atoms with E-state index < -0.39 is 11.9 Å². The number of nitrogens with zero attached hydrogens (tertiary/aromatic N) is 4. The molecule has 0 bridgehead atoms. The second-order valence-corrected chi connectivity index (χ2v) is 7.85. The van der Waals surface area contributed by atoms with E-state index >= 15 is 0 Å². The quantitative estimate of drug-likeness (QED) is 0.328. The summed E-state index contributed by atoms with van der Waals surface area (Å²) in [5.74, 6) is 0.628. The van der Waals surface area contributed by atoms with Gasteiger partial charge >= 0.3 is 6.18 Å². The lowest BCUT2D eigenvalue weighted by Crippen LogP contribution is -2.47. The molecule has 0 aliphatic carbocycles. The fraction of sp³-hybridized carbons (Fsp3) is 0.800. The number of likely N-dealkylation sites (tertiary alicyclic amines) is 1. The van der Waals surface area contributed by atoms with Crippen LogP contribution in [0.3, 0.4) is 0 Å². The number of aromatic nitrogens is 2. The summed E-state index contributed by atoms with van der Waals surface area (Å²) in [4.78, 5) is 6.54. The van der Waals surface area contributed by atoms with Crippen LogP contribution in [0.15, 0.2) is 11.2 Å². The Balaban J connectivity index is 0.00000341. The summed E-state index contributed by atoms with van der Waals surface area (Å²) in [7, 11) is 1.48. The maximum Gasteiger partial charge on any atom is 0.435 e. The van der Waals surface area contributed by atoms with Crippen LogP contribution in [0.2, 0.25) is 0 Å². The molecule has 0 amide bonds. The molecule has 3 heterocycles. The van der Waals surface area contributed by atoms with E-state index in [1.165, 1.54) is 24.3 Å². The molecule has 1 N–H and O–H groups in total. The highest BCUT2D eigenvalue weighted by molar-refractivity contribution is 14.0. The number of aryl methyl sites for hydroxylation is 1. The van der Waals surface area contributed by atoms with Crippen molar-refractivity contribution in [2.45, 2.75) is 64.0 Å². The Labute approximate surface area is 198 Å². The van der Waals surface area contributed by atoms with Crippen molar-refractivity contribution >= 4 is 29.9 Å². The first-order valence-corrected chi connectivity index (χ1v) is 10.7. The third kappa shape index (κ3) is 7.77. The Morgan fingerprint density at radius 3 is 2.65 bits per heavy atom. The minimum Gasteiger partial charge on any atom is -0.376 e. The van der Waals surface area contributed by atoms with Gasteiger partial charge in [0.1, 0.15) is 0 Å². The summed E-state index contributed by atoms with van der Waals surface area (Å²) < 4.78 is 52.4. The van der Waals surface area contributed by atoms with Gasteiger partial charge in [-0.1, -0.05) is 0 Å². The van der Waals surface area contributed by atoms with E-state index in [9.17, 15) is 13.2 Å². The summed E-state index contributed by atoms with van der Waals surface area (Å²) >= 11 is 0. The first kappa shape index (κ1) is 26.2. The summed E-state index contributed by atoms with van der Waals surface area (Å²) in [6.45, 7) is 5.49. The first-order chi connectivity index (χ1) is 14.4. The average molecular weight is 559 g/mol. The highest BCUT2D eigenvalue weighted by Crippen LogP contribution is 2.31. The SMILES string of the molecule is CCNC(=NCc1cn(C)nc1C(F)(F)F)N1CCC(OCC2CCCCO2)CC1.I. The van der Waals surface area contributed by atoms with Crippen molar-refractivity contribution in [3.63, 3.8) is 0 Å². The van der Waals surface area contributed by atoms with Gasteiger partial charge in [0.25, 0.3) is 0 Å². The molecule has 2 aliphatic heterocycles. The molecule has 2 fully saturated rings. The van der Waals surface area contributed by atoms with Crippen molar-refractivity contribution in [2.24, 2.45) is 12.0 Å². The molecule has 1 aromatic rings. The highest BCUT2D eigenvalue weighted by atomic mass is 127. The van der Waals surface area contributed by atoms with Crippen LogP contribution >= 0.6 is 24.0 Å². The van der Waals surface area contributed by atoms with Gasteiger partial charge in [-0.25, -0.2) is 4.99 Å². The Hall–Kier alpha value is -1.08. The predicted octanol–water partition coefficient (Wildman–Crippen LogP) is 3.57. The largest absolute Gasteiger partial charge is 0.435 e. The number of ether oxygens (including phenoxy) is 2. The molecular weight excluding hydrogens is 526 g/mol. The molecular formula is C20H33F3IN5O2. The van der Waals surface area contributed by atoms with E-state index in [4.69, 9.17) is 9.47 Å². The lowest BCUT2D eigenvalue weighted by molar-refractivity contribution is -0.142. The van der Waals surface area contributed by atoms with E-state index in [0.29, 0.717) is 19.1 Å². The number of hydrogen-bond acceptors (Lipinski definition) is 4. The van der Waals surface area contributed by atoms with Crippen LogP contribution in [0.4, 0.5) is 13.2 Å². The summed E-state index contributed by atoms with van der Waals surface area (Å²) in [5, 5.41) is 6.74. The molecule has 178 valence electrons. The smallest absolute Gasteiger partial charge is 0.376 e. The molecule has 1 aromatic heterocycles. The van der Waals surface area contributed by atoms with Crippen LogP contribution in [0.25, 0.3) is 0 Å². The van der Waals surface area contributed by atoms with Crippen molar-refractivity contribution in [3.8, 4) is 0 Å². The van der Waals surface area contributed by atoms with E-state index in [2.05, 4.69) is 20.3 Å². The zero-order valence-corrected chi connectivity index (χ0v) is 20.5. The van der Waals surface area contributed by atoms with Crippen LogP contribution in [-0.2, 0) is 29.2 Å². The van der Waals surface area contributed by atoms with Crippen molar-refractivity contribution in [1.82, 2.24) is 20.0 Å². The molecule has 0 saturated carbocycles. The maximum absolute atomic E-state index is 13.2. The van der Waals surface area contributed by atoms with Gasteiger partial charge in [-0.3, -0.25) is 4.68 Å². The number of halogens is 4. The van der Waals surface area contributed by atoms with Crippen molar-refractivity contribution in [1.29, 1.82) is 0 Å². The second kappa shape index (κ2) is 12.2. The van der Waals surface area contributed by atoms with Gasteiger partial charge in [0.15, 0.2) is 11.7 Å².